The zero-order valence-corrected chi connectivity index (χ0v) is 11.8. The number of rotatable bonds is 4. The van der Waals surface area contributed by atoms with Crippen molar-refractivity contribution in [3.8, 4) is 11.3 Å². The highest BCUT2D eigenvalue weighted by Gasteiger charge is 2.10. The van der Waals surface area contributed by atoms with Gasteiger partial charge in [0.15, 0.2) is 0 Å². The number of esters is 1. The Bertz CT molecular complexity index is 598. The summed E-state index contributed by atoms with van der Waals surface area (Å²) in [6, 6.07) is 4.69. The third-order valence-corrected chi connectivity index (χ3v) is 3.13. The highest BCUT2D eigenvalue weighted by atomic mass is 79.9. The van der Waals surface area contributed by atoms with Gasteiger partial charge in [-0.25, -0.2) is 9.37 Å². The van der Waals surface area contributed by atoms with Crippen LogP contribution in [0.2, 0.25) is 0 Å². The standard InChI is InChI=1S/C13H12BrFN2O2/c1-19-13(18)5-4-12-16-7-11(17-12)9-6-8(14)2-3-10(9)15/h2-3,6-7H,4-5H2,1H3,(H,16,17). The van der Waals surface area contributed by atoms with Gasteiger partial charge in [0.05, 0.1) is 25.4 Å². The molecule has 1 aromatic carbocycles. The van der Waals surface area contributed by atoms with Crippen LogP contribution in [0.1, 0.15) is 12.2 Å². The van der Waals surface area contributed by atoms with Crippen LogP contribution in [-0.2, 0) is 16.0 Å². The Hall–Kier alpha value is -1.69. The highest BCUT2D eigenvalue weighted by Crippen LogP contribution is 2.24. The summed E-state index contributed by atoms with van der Waals surface area (Å²) in [5, 5.41) is 0. The van der Waals surface area contributed by atoms with E-state index < -0.39 is 0 Å². The lowest BCUT2D eigenvalue weighted by Crippen LogP contribution is -2.02. The number of hydrogen-bond donors (Lipinski definition) is 1. The Kier molecular flexibility index (Phi) is 4.31. The van der Waals surface area contributed by atoms with Crippen LogP contribution in [0.25, 0.3) is 11.3 Å². The van der Waals surface area contributed by atoms with Gasteiger partial charge in [0.2, 0.25) is 0 Å². The minimum Gasteiger partial charge on any atom is -0.469 e. The second-order valence-corrected chi connectivity index (χ2v) is 4.86. The van der Waals surface area contributed by atoms with E-state index in [2.05, 4.69) is 30.6 Å². The Morgan fingerprint density at radius 1 is 1.53 bits per heavy atom. The molecule has 0 unspecified atom stereocenters. The molecule has 1 N–H and O–H groups in total. The molecule has 0 amide bonds. The van der Waals surface area contributed by atoms with E-state index >= 15 is 0 Å². The first-order valence-corrected chi connectivity index (χ1v) is 6.45. The van der Waals surface area contributed by atoms with Crippen LogP contribution in [-0.4, -0.2) is 23.0 Å². The molecule has 0 fully saturated rings. The monoisotopic (exact) mass is 326 g/mol. The number of methoxy groups -OCH3 is 1. The number of aryl methyl sites for hydroxylation is 1. The normalized spacial score (nSPS) is 10.5. The second-order valence-electron chi connectivity index (χ2n) is 3.94. The molecule has 4 nitrogen and oxygen atoms in total. The van der Waals surface area contributed by atoms with Gasteiger partial charge < -0.3 is 9.72 Å². The first kappa shape index (κ1) is 13.7. The fourth-order valence-electron chi connectivity index (χ4n) is 1.65. The Balaban J connectivity index is 2.16. The first-order valence-electron chi connectivity index (χ1n) is 5.66. The third-order valence-electron chi connectivity index (χ3n) is 2.64. The fraction of sp³-hybridized carbons (Fsp3) is 0.231. The van der Waals surface area contributed by atoms with E-state index in [4.69, 9.17) is 0 Å². The number of imidazole rings is 1. The summed E-state index contributed by atoms with van der Waals surface area (Å²) < 4.78 is 19.0. The van der Waals surface area contributed by atoms with Crippen LogP contribution in [0.5, 0.6) is 0 Å². The summed E-state index contributed by atoms with van der Waals surface area (Å²) >= 11 is 3.30. The molecule has 0 saturated heterocycles. The highest BCUT2D eigenvalue weighted by molar-refractivity contribution is 9.10. The summed E-state index contributed by atoms with van der Waals surface area (Å²) in [6.45, 7) is 0. The molecule has 0 spiro atoms. The van der Waals surface area contributed by atoms with Crippen molar-refractivity contribution >= 4 is 21.9 Å². The van der Waals surface area contributed by atoms with E-state index in [1.54, 1.807) is 18.3 Å². The van der Waals surface area contributed by atoms with Crippen LogP contribution in [0.4, 0.5) is 4.39 Å². The van der Waals surface area contributed by atoms with E-state index in [0.717, 1.165) is 4.47 Å². The number of nitrogens with zero attached hydrogens (tertiary/aromatic N) is 1. The SMILES string of the molecule is COC(=O)CCc1ncc(-c2cc(Br)ccc2F)[nH]1. The van der Waals surface area contributed by atoms with Crippen molar-refractivity contribution in [2.45, 2.75) is 12.8 Å². The lowest BCUT2D eigenvalue weighted by molar-refractivity contribution is -0.140. The van der Waals surface area contributed by atoms with Crippen molar-refractivity contribution in [2.75, 3.05) is 7.11 Å². The van der Waals surface area contributed by atoms with E-state index in [-0.39, 0.29) is 18.2 Å². The Morgan fingerprint density at radius 2 is 2.32 bits per heavy atom. The van der Waals surface area contributed by atoms with Gasteiger partial charge in [-0.05, 0) is 18.2 Å². The molecule has 0 bridgehead atoms. The Morgan fingerprint density at radius 3 is 3.05 bits per heavy atom. The van der Waals surface area contributed by atoms with Gasteiger partial charge in [-0.3, -0.25) is 4.79 Å². The number of aromatic amines is 1. The maximum atomic E-state index is 13.7. The number of carbonyl (C=O) groups excluding carboxylic acids is 1. The van der Waals surface area contributed by atoms with Gasteiger partial charge in [0, 0.05) is 16.5 Å². The average Bonchev–Trinajstić information content (AvgIpc) is 2.87. The van der Waals surface area contributed by atoms with Crippen LogP contribution >= 0.6 is 15.9 Å². The van der Waals surface area contributed by atoms with Gasteiger partial charge in [-0.1, -0.05) is 15.9 Å². The third kappa shape index (κ3) is 3.41. The van der Waals surface area contributed by atoms with Crippen molar-refractivity contribution in [3.63, 3.8) is 0 Å². The van der Waals surface area contributed by atoms with E-state index in [1.807, 2.05) is 0 Å². The molecule has 0 radical (unpaired) electrons. The molecule has 0 saturated carbocycles. The molecule has 100 valence electrons. The van der Waals surface area contributed by atoms with Crippen LogP contribution in [0.15, 0.2) is 28.9 Å². The van der Waals surface area contributed by atoms with E-state index in [0.29, 0.717) is 23.5 Å². The van der Waals surface area contributed by atoms with Crippen molar-refractivity contribution < 1.29 is 13.9 Å². The number of benzene rings is 1. The lowest BCUT2D eigenvalue weighted by atomic mass is 10.1. The molecule has 0 aliphatic heterocycles. The average molecular weight is 327 g/mol. The van der Waals surface area contributed by atoms with Gasteiger partial charge in [0.1, 0.15) is 11.6 Å². The topological polar surface area (TPSA) is 55.0 Å². The molecule has 2 aromatic rings. The molecular weight excluding hydrogens is 315 g/mol. The number of hydrogen-bond acceptors (Lipinski definition) is 3. The zero-order chi connectivity index (χ0) is 13.8. The van der Waals surface area contributed by atoms with E-state index in [9.17, 15) is 9.18 Å². The number of halogens is 2. The van der Waals surface area contributed by atoms with E-state index in [1.165, 1.54) is 13.2 Å². The fourth-order valence-corrected chi connectivity index (χ4v) is 2.01. The van der Waals surface area contributed by atoms with Crippen molar-refractivity contribution in [3.05, 3.63) is 40.5 Å². The van der Waals surface area contributed by atoms with Crippen LogP contribution < -0.4 is 0 Å². The van der Waals surface area contributed by atoms with Gasteiger partial charge >= 0.3 is 5.97 Å². The zero-order valence-electron chi connectivity index (χ0n) is 10.2. The Labute approximate surface area is 118 Å². The van der Waals surface area contributed by atoms with Gasteiger partial charge in [-0.2, -0.15) is 0 Å². The minimum atomic E-state index is -0.327. The molecule has 0 aliphatic carbocycles. The number of carbonyl (C=O) groups is 1. The summed E-state index contributed by atoms with van der Waals surface area (Å²) in [7, 11) is 1.34. The number of aromatic nitrogens is 2. The molecule has 2 rings (SSSR count). The molecule has 0 aliphatic rings. The van der Waals surface area contributed by atoms with Gasteiger partial charge in [-0.15, -0.1) is 0 Å². The largest absolute Gasteiger partial charge is 0.469 e. The molecule has 1 heterocycles. The smallest absolute Gasteiger partial charge is 0.305 e. The number of H-pyrrole nitrogens is 1. The molecule has 6 heteroatoms. The number of nitrogens with one attached hydrogen (secondary N) is 1. The van der Waals surface area contributed by atoms with Gasteiger partial charge in [0.25, 0.3) is 0 Å². The van der Waals surface area contributed by atoms with Crippen LogP contribution in [0, 0.1) is 5.82 Å². The summed E-state index contributed by atoms with van der Waals surface area (Å²) in [4.78, 5) is 18.2. The van der Waals surface area contributed by atoms with Crippen LogP contribution in [0.3, 0.4) is 0 Å². The van der Waals surface area contributed by atoms with Crippen molar-refractivity contribution in [1.29, 1.82) is 0 Å². The number of ether oxygens (including phenoxy) is 1. The molecular formula is C13H12BrFN2O2. The quantitative estimate of drug-likeness (QED) is 0.878. The first-order chi connectivity index (χ1) is 9.10. The van der Waals surface area contributed by atoms with Crippen molar-refractivity contribution in [2.24, 2.45) is 0 Å². The maximum absolute atomic E-state index is 13.7. The maximum Gasteiger partial charge on any atom is 0.305 e. The molecule has 1 aromatic heterocycles. The summed E-state index contributed by atoms with van der Waals surface area (Å²) in [5.41, 5.74) is 1.02. The molecule has 19 heavy (non-hydrogen) atoms. The minimum absolute atomic E-state index is 0.240. The summed E-state index contributed by atoms with van der Waals surface area (Å²) in [6.07, 6.45) is 2.23. The predicted molar refractivity (Wildman–Crippen MR) is 72.0 cm³/mol. The molecule has 0 atom stereocenters. The summed E-state index contributed by atoms with van der Waals surface area (Å²) in [5.74, 6) is -0.00210. The predicted octanol–water partition coefficient (Wildman–Crippen LogP) is 3.08. The van der Waals surface area contributed by atoms with Crippen molar-refractivity contribution in [1.82, 2.24) is 9.97 Å². The lowest BCUT2D eigenvalue weighted by Gasteiger charge is -2.01. The second kappa shape index (κ2) is 5.97.